The number of rotatable bonds is 9. The zero-order chi connectivity index (χ0) is 10.6. The Bertz CT molecular complexity index is 122. The van der Waals surface area contributed by atoms with Gasteiger partial charge in [0, 0.05) is 0 Å². The second kappa shape index (κ2) is 10.8. The molecule has 0 saturated heterocycles. The first-order valence-corrected chi connectivity index (χ1v) is 6.42. The van der Waals surface area contributed by atoms with E-state index >= 15 is 0 Å². The van der Waals surface area contributed by atoms with Crippen LogP contribution in [0.3, 0.4) is 0 Å². The zero-order valence-electron chi connectivity index (χ0n) is 10.4. The predicted octanol–water partition coefficient (Wildman–Crippen LogP) is 5.34. The van der Waals surface area contributed by atoms with Gasteiger partial charge in [-0.15, -0.1) is 0 Å². The van der Waals surface area contributed by atoms with Crippen molar-refractivity contribution < 1.29 is 0 Å². The lowest BCUT2D eigenvalue weighted by Crippen LogP contribution is -1.85. The second-order valence-electron chi connectivity index (χ2n) is 4.65. The Hall–Kier alpha value is -0.260. The first kappa shape index (κ1) is 13.7. The minimum absolute atomic E-state index is 0.878. The summed E-state index contributed by atoms with van der Waals surface area (Å²) in [5.41, 5.74) is 0. The summed E-state index contributed by atoms with van der Waals surface area (Å²) in [6, 6.07) is 0. The highest BCUT2D eigenvalue weighted by molar-refractivity contribution is 4.81. The first-order valence-electron chi connectivity index (χ1n) is 6.42. The van der Waals surface area contributed by atoms with Gasteiger partial charge in [0.15, 0.2) is 0 Å². The van der Waals surface area contributed by atoms with Crippen molar-refractivity contribution in [3.63, 3.8) is 0 Å². The molecular weight excluding hydrogens is 168 g/mol. The van der Waals surface area contributed by atoms with E-state index in [1.165, 1.54) is 51.4 Å². The Morgan fingerprint density at radius 3 is 1.93 bits per heavy atom. The van der Waals surface area contributed by atoms with Gasteiger partial charge in [0.2, 0.25) is 0 Å². The highest BCUT2D eigenvalue weighted by Gasteiger charge is 1.92. The molecule has 0 spiro atoms. The van der Waals surface area contributed by atoms with Crippen LogP contribution in [0.1, 0.15) is 72.1 Å². The summed E-state index contributed by atoms with van der Waals surface area (Å²) in [7, 11) is 0. The third-order valence-electron chi connectivity index (χ3n) is 2.54. The summed E-state index contributed by atoms with van der Waals surface area (Å²) in [6.07, 6.45) is 15.6. The van der Waals surface area contributed by atoms with E-state index in [2.05, 4.69) is 32.9 Å². The topological polar surface area (TPSA) is 0 Å². The normalized spacial score (nSPS) is 11.7. The van der Waals surface area contributed by atoms with Crippen molar-refractivity contribution in [1.29, 1.82) is 0 Å². The SMILES string of the molecule is CCCCCC=CCCCCC(C)C. The Kier molecular flexibility index (Phi) is 10.6. The zero-order valence-corrected chi connectivity index (χ0v) is 10.4. The van der Waals surface area contributed by atoms with Gasteiger partial charge >= 0.3 is 0 Å². The molecule has 0 N–H and O–H groups in total. The van der Waals surface area contributed by atoms with Crippen molar-refractivity contribution in [2.24, 2.45) is 5.92 Å². The maximum atomic E-state index is 2.37. The lowest BCUT2D eigenvalue weighted by molar-refractivity contribution is 0.540. The molecule has 0 heterocycles. The van der Waals surface area contributed by atoms with E-state index in [4.69, 9.17) is 0 Å². The molecule has 0 fully saturated rings. The Morgan fingerprint density at radius 2 is 1.43 bits per heavy atom. The van der Waals surface area contributed by atoms with Gasteiger partial charge in [-0.05, 0) is 31.6 Å². The van der Waals surface area contributed by atoms with Crippen LogP contribution in [0.15, 0.2) is 12.2 Å². The maximum Gasteiger partial charge on any atom is -0.0351 e. The Labute approximate surface area is 90.8 Å². The molecule has 0 aliphatic carbocycles. The number of allylic oxidation sites excluding steroid dienone is 2. The summed E-state index contributed by atoms with van der Waals surface area (Å²) in [5.74, 6) is 0.878. The van der Waals surface area contributed by atoms with Crippen molar-refractivity contribution in [2.45, 2.75) is 72.1 Å². The van der Waals surface area contributed by atoms with Gasteiger partial charge in [-0.2, -0.15) is 0 Å². The first-order chi connectivity index (χ1) is 6.77. The van der Waals surface area contributed by atoms with Crippen LogP contribution in [0.25, 0.3) is 0 Å². The van der Waals surface area contributed by atoms with Crippen LogP contribution in [0, 0.1) is 5.92 Å². The Morgan fingerprint density at radius 1 is 0.857 bits per heavy atom. The molecule has 0 bridgehead atoms. The molecule has 14 heavy (non-hydrogen) atoms. The molecule has 0 amide bonds. The van der Waals surface area contributed by atoms with Crippen LogP contribution in [0.2, 0.25) is 0 Å². The molecule has 84 valence electrons. The average molecular weight is 196 g/mol. The van der Waals surface area contributed by atoms with Crippen LogP contribution in [0.5, 0.6) is 0 Å². The molecule has 0 heteroatoms. The van der Waals surface area contributed by atoms with Crippen molar-refractivity contribution in [2.75, 3.05) is 0 Å². The highest BCUT2D eigenvalue weighted by Crippen LogP contribution is 2.08. The molecule has 0 saturated carbocycles. The van der Waals surface area contributed by atoms with Crippen molar-refractivity contribution in [3.05, 3.63) is 12.2 Å². The van der Waals surface area contributed by atoms with Crippen LogP contribution in [0.4, 0.5) is 0 Å². The second-order valence-corrected chi connectivity index (χ2v) is 4.65. The summed E-state index contributed by atoms with van der Waals surface area (Å²) in [6.45, 7) is 6.87. The van der Waals surface area contributed by atoms with Gasteiger partial charge in [0.1, 0.15) is 0 Å². The number of unbranched alkanes of at least 4 members (excludes halogenated alkanes) is 5. The summed E-state index contributed by atoms with van der Waals surface area (Å²) in [4.78, 5) is 0. The van der Waals surface area contributed by atoms with Gasteiger partial charge in [-0.1, -0.05) is 58.6 Å². The smallest absolute Gasteiger partial charge is 0.0351 e. The molecule has 0 aromatic carbocycles. The molecule has 0 aliphatic rings. The lowest BCUT2D eigenvalue weighted by Gasteiger charge is -2.01. The number of hydrogen-bond donors (Lipinski definition) is 0. The monoisotopic (exact) mass is 196 g/mol. The molecule has 0 radical (unpaired) electrons. The molecular formula is C14H28. The molecule has 0 nitrogen and oxygen atoms in total. The molecule has 0 aromatic heterocycles. The third kappa shape index (κ3) is 11.7. The third-order valence-corrected chi connectivity index (χ3v) is 2.54. The highest BCUT2D eigenvalue weighted by atomic mass is 14.0. The van der Waals surface area contributed by atoms with Crippen molar-refractivity contribution in [1.82, 2.24) is 0 Å². The van der Waals surface area contributed by atoms with Crippen LogP contribution >= 0.6 is 0 Å². The fraction of sp³-hybridized carbons (Fsp3) is 0.857. The van der Waals surface area contributed by atoms with Crippen LogP contribution in [-0.2, 0) is 0 Å². The minimum atomic E-state index is 0.878. The summed E-state index contributed by atoms with van der Waals surface area (Å²) in [5, 5.41) is 0. The van der Waals surface area contributed by atoms with E-state index in [1.807, 2.05) is 0 Å². The minimum Gasteiger partial charge on any atom is -0.0885 e. The fourth-order valence-corrected chi connectivity index (χ4v) is 1.56. The molecule has 0 rings (SSSR count). The van der Waals surface area contributed by atoms with Gasteiger partial charge in [0.05, 0.1) is 0 Å². The summed E-state index contributed by atoms with van der Waals surface area (Å²) >= 11 is 0. The predicted molar refractivity (Wildman–Crippen MR) is 66.6 cm³/mol. The van der Waals surface area contributed by atoms with Gasteiger partial charge in [-0.3, -0.25) is 0 Å². The van der Waals surface area contributed by atoms with E-state index in [9.17, 15) is 0 Å². The van der Waals surface area contributed by atoms with E-state index in [-0.39, 0.29) is 0 Å². The van der Waals surface area contributed by atoms with Crippen LogP contribution in [-0.4, -0.2) is 0 Å². The van der Waals surface area contributed by atoms with Crippen molar-refractivity contribution in [3.8, 4) is 0 Å². The average Bonchev–Trinajstić information content (AvgIpc) is 2.15. The lowest BCUT2D eigenvalue weighted by atomic mass is 10.1. The Balaban J connectivity index is 3.03. The van der Waals surface area contributed by atoms with Gasteiger partial charge in [-0.25, -0.2) is 0 Å². The largest absolute Gasteiger partial charge is 0.0885 e. The molecule has 0 atom stereocenters. The van der Waals surface area contributed by atoms with Gasteiger partial charge in [0.25, 0.3) is 0 Å². The van der Waals surface area contributed by atoms with Crippen molar-refractivity contribution >= 4 is 0 Å². The standard InChI is InChI=1S/C14H28/c1-4-5-6-7-8-9-10-11-12-13-14(2)3/h8-9,14H,4-7,10-13H2,1-3H3. The van der Waals surface area contributed by atoms with E-state index in [0.717, 1.165) is 5.92 Å². The molecule has 0 aliphatic heterocycles. The molecule has 0 aromatic rings. The summed E-state index contributed by atoms with van der Waals surface area (Å²) < 4.78 is 0. The van der Waals surface area contributed by atoms with Gasteiger partial charge < -0.3 is 0 Å². The van der Waals surface area contributed by atoms with E-state index in [0.29, 0.717) is 0 Å². The van der Waals surface area contributed by atoms with E-state index < -0.39 is 0 Å². The van der Waals surface area contributed by atoms with Crippen LogP contribution < -0.4 is 0 Å². The molecule has 0 unspecified atom stereocenters. The maximum absolute atomic E-state index is 2.37. The van der Waals surface area contributed by atoms with E-state index in [1.54, 1.807) is 0 Å². The number of hydrogen-bond acceptors (Lipinski definition) is 0. The quantitative estimate of drug-likeness (QED) is 0.345. The fourth-order valence-electron chi connectivity index (χ4n) is 1.56.